The topological polar surface area (TPSA) is 96.0 Å². The average molecular weight is 600 g/mol. The zero-order valence-electron chi connectivity index (χ0n) is 24.1. The Morgan fingerprint density at radius 3 is 2.15 bits per heavy atom. The van der Waals surface area contributed by atoms with Crippen molar-refractivity contribution in [3.8, 4) is 5.75 Å². The predicted octanol–water partition coefficient (Wildman–Crippen LogP) is 5.57. The number of hydrogen-bond donors (Lipinski definition) is 1. The van der Waals surface area contributed by atoms with Gasteiger partial charge in [-0.25, -0.2) is 8.42 Å². The van der Waals surface area contributed by atoms with Gasteiger partial charge in [-0.3, -0.25) is 13.9 Å². The molecule has 0 bridgehead atoms. The summed E-state index contributed by atoms with van der Waals surface area (Å²) in [6, 6.07) is 19.0. The second-order valence-corrected chi connectivity index (χ2v) is 12.1. The highest BCUT2D eigenvalue weighted by Gasteiger charge is 2.34. The molecule has 220 valence electrons. The van der Waals surface area contributed by atoms with E-state index in [1.54, 1.807) is 60.7 Å². The van der Waals surface area contributed by atoms with Crippen molar-refractivity contribution >= 4 is 39.1 Å². The Morgan fingerprint density at radius 1 is 0.951 bits per heavy atom. The molecule has 2 unspecified atom stereocenters. The van der Waals surface area contributed by atoms with E-state index in [0.717, 1.165) is 16.3 Å². The highest BCUT2D eigenvalue weighted by molar-refractivity contribution is 7.92. The third-order valence-electron chi connectivity index (χ3n) is 6.93. The van der Waals surface area contributed by atoms with Crippen LogP contribution in [0, 0.1) is 6.92 Å². The van der Waals surface area contributed by atoms with Crippen molar-refractivity contribution in [2.45, 2.75) is 64.1 Å². The molecule has 0 spiro atoms. The molecule has 8 nitrogen and oxygen atoms in total. The van der Waals surface area contributed by atoms with Gasteiger partial charge < -0.3 is 15.0 Å². The number of nitrogens with zero attached hydrogens (tertiary/aromatic N) is 2. The normalized spacial score (nSPS) is 12.7. The second-order valence-electron chi connectivity index (χ2n) is 9.88. The summed E-state index contributed by atoms with van der Waals surface area (Å²) in [4.78, 5) is 28.9. The van der Waals surface area contributed by atoms with E-state index in [2.05, 4.69) is 5.32 Å². The molecule has 2 amide bonds. The summed E-state index contributed by atoms with van der Waals surface area (Å²) in [6.07, 6.45) is 1.05. The fourth-order valence-electron chi connectivity index (χ4n) is 4.29. The molecule has 2 atom stereocenters. The van der Waals surface area contributed by atoms with Gasteiger partial charge in [0.05, 0.1) is 17.7 Å². The van der Waals surface area contributed by atoms with Crippen LogP contribution in [0.15, 0.2) is 77.7 Å². The lowest BCUT2D eigenvalue weighted by atomic mass is 10.1. The van der Waals surface area contributed by atoms with E-state index in [9.17, 15) is 18.0 Å². The number of sulfonamides is 1. The van der Waals surface area contributed by atoms with Crippen LogP contribution < -0.4 is 14.4 Å². The number of carbonyl (C=O) groups excluding carboxylic acids is 2. The summed E-state index contributed by atoms with van der Waals surface area (Å²) < 4.78 is 34.2. The van der Waals surface area contributed by atoms with E-state index < -0.39 is 28.5 Å². The van der Waals surface area contributed by atoms with Crippen LogP contribution in [0.3, 0.4) is 0 Å². The zero-order valence-corrected chi connectivity index (χ0v) is 25.7. The minimum Gasteiger partial charge on any atom is -0.497 e. The summed E-state index contributed by atoms with van der Waals surface area (Å²) in [5.74, 6) is -0.332. The quantitative estimate of drug-likeness (QED) is 0.277. The summed E-state index contributed by atoms with van der Waals surface area (Å²) in [7, 11) is -2.68. The van der Waals surface area contributed by atoms with Gasteiger partial charge in [-0.15, -0.1) is 0 Å². The van der Waals surface area contributed by atoms with Crippen LogP contribution in [0.25, 0.3) is 0 Å². The second kappa shape index (κ2) is 14.4. The Morgan fingerprint density at radius 2 is 1.59 bits per heavy atom. The van der Waals surface area contributed by atoms with Crippen LogP contribution in [-0.2, 0) is 26.2 Å². The highest BCUT2D eigenvalue weighted by Crippen LogP contribution is 2.27. The summed E-state index contributed by atoms with van der Waals surface area (Å²) in [5, 5.41) is 3.41. The monoisotopic (exact) mass is 599 g/mol. The van der Waals surface area contributed by atoms with Crippen LogP contribution in [0.1, 0.15) is 44.7 Å². The van der Waals surface area contributed by atoms with Gasteiger partial charge in [0.2, 0.25) is 11.8 Å². The summed E-state index contributed by atoms with van der Waals surface area (Å²) >= 11 is 6.45. The molecule has 3 rings (SSSR count). The molecular weight excluding hydrogens is 562 g/mol. The van der Waals surface area contributed by atoms with E-state index >= 15 is 0 Å². The largest absolute Gasteiger partial charge is 0.497 e. The molecule has 3 aromatic rings. The molecule has 0 aliphatic carbocycles. The number of nitrogens with one attached hydrogen (secondary N) is 1. The average Bonchev–Trinajstić information content (AvgIpc) is 2.97. The zero-order chi connectivity index (χ0) is 30.2. The van der Waals surface area contributed by atoms with Crippen molar-refractivity contribution in [1.29, 1.82) is 0 Å². The minimum absolute atomic E-state index is 0.00545. The maximum Gasteiger partial charge on any atom is 0.264 e. The van der Waals surface area contributed by atoms with E-state index in [1.165, 1.54) is 24.1 Å². The van der Waals surface area contributed by atoms with Crippen molar-refractivity contribution in [2.24, 2.45) is 0 Å². The van der Waals surface area contributed by atoms with Crippen LogP contribution in [0.2, 0.25) is 5.02 Å². The number of amides is 2. The number of hydrogen-bond acceptors (Lipinski definition) is 5. The number of benzene rings is 3. The molecule has 0 aliphatic rings. The van der Waals surface area contributed by atoms with Crippen molar-refractivity contribution in [3.05, 3.63) is 88.9 Å². The number of anilines is 1. The van der Waals surface area contributed by atoms with Gasteiger partial charge in [0, 0.05) is 17.6 Å². The number of methoxy groups -OCH3 is 1. The first-order valence-corrected chi connectivity index (χ1v) is 15.4. The number of halogens is 1. The highest BCUT2D eigenvalue weighted by atomic mass is 35.5. The van der Waals surface area contributed by atoms with Gasteiger partial charge in [0.15, 0.2) is 0 Å². The van der Waals surface area contributed by atoms with Crippen molar-refractivity contribution in [1.82, 2.24) is 10.2 Å². The van der Waals surface area contributed by atoms with Crippen LogP contribution >= 0.6 is 11.6 Å². The van der Waals surface area contributed by atoms with Gasteiger partial charge in [-0.2, -0.15) is 0 Å². The first kappa shape index (κ1) is 32.0. The van der Waals surface area contributed by atoms with E-state index in [1.807, 2.05) is 27.7 Å². The molecule has 0 saturated carbocycles. The standard InChI is InChI=1S/C31H38ClN3O5S/c1-6-23(4)33-31(37)29(7-2)34(20-24-10-8-9-11-28(24)32)30(36)21-35(25-14-12-22(3)13-15-25)41(38,39)27-18-16-26(40-5)17-19-27/h8-19,23,29H,6-7,20-21H2,1-5H3,(H,33,37). The van der Waals surface area contributed by atoms with Crippen LogP contribution in [0.4, 0.5) is 5.69 Å². The minimum atomic E-state index is -4.17. The molecule has 0 aliphatic heterocycles. The maximum atomic E-state index is 14.1. The molecule has 10 heteroatoms. The molecule has 0 fully saturated rings. The van der Waals surface area contributed by atoms with Crippen LogP contribution in [-0.4, -0.2) is 50.9 Å². The SMILES string of the molecule is CCC(C)NC(=O)C(CC)N(Cc1ccccc1Cl)C(=O)CN(c1ccc(C)cc1)S(=O)(=O)c1ccc(OC)cc1. The molecule has 0 radical (unpaired) electrons. The van der Waals surface area contributed by atoms with E-state index in [-0.39, 0.29) is 23.4 Å². The molecule has 41 heavy (non-hydrogen) atoms. The molecule has 0 saturated heterocycles. The lowest BCUT2D eigenvalue weighted by Gasteiger charge is -2.34. The number of carbonyl (C=O) groups is 2. The first-order valence-electron chi connectivity index (χ1n) is 13.6. The molecule has 1 N–H and O–H groups in total. The van der Waals surface area contributed by atoms with Gasteiger partial charge >= 0.3 is 0 Å². The Balaban J connectivity index is 2.06. The van der Waals surface area contributed by atoms with Crippen LogP contribution in [0.5, 0.6) is 5.75 Å². The lowest BCUT2D eigenvalue weighted by Crippen LogP contribution is -2.53. The van der Waals surface area contributed by atoms with Gasteiger partial charge in [-0.05, 0) is 74.7 Å². The smallest absolute Gasteiger partial charge is 0.264 e. The first-order chi connectivity index (χ1) is 19.5. The molecule has 0 heterocycles. The summed E-state index contributed by atoms with van der Waals surface area (Å²) in [6.45, 7) is 7.08. The number of ether oxygens (including phenoxy) is 1. The number of aryl methyl sites for hydroxylation is 1. The fourth-order valence-corrected chi connectivity index (χ4v) is 5.90. The van der Waals surface area contributed by atoms with Gasteiger partial charge in [-0.1, -0.05) is 61.3 Å². The molecule has 0 aromatic heterocycles. The summed E-state index contributed by atoms with van der Waals surface area (Å²) in [5.41, 5.74) is 1.92. The Kier molecular flexibility index (Phi) is 11.2. The molecule has 3 aromatic carbocycles. The lowest BCUT2D eigenvalue weighted by molar-refractivity contribution is -0.140. The Bertz CT molecular complexity index is 1430. The van der Waals surface area contributed by atoms with E-state index in [0.29, 0.717) is 28.4 Å². The molecular formula is C31H38ClN3O5S. The third-order valence-corrected chi connectivity index (χ3v) is 9.09. The number of rotatable bonds is 13. The van der Waals surface area contributed by atoms with Crippen molar-refractivity contribution < 1.29 is 22.7 Å². The van der Waals surface area contributed by atoms with Gasteiger partial charge in [0.1, 0.15) is 18.3 Å². The van der Waals surface area contributed by atoms with Gasteiger partial charge in [0.25, 0.3) is 10.0 Å². The third kappa shape index (κ3) is 8.01. The van der Waals surface area contributed by atoms with Crippen molar-refractivity contribution in [2.75, 3.05) is 18.0 Å². The fraction of sp³-hybridized carbons (Fsp3) is 0.355. The Hall–Kier alpha value is -3.56. The maximum absolute atomic E-state index is 14.1. The van der Waals surface area contributed by atoms with Crippen molar-refractivity contribution in [3.63, 3.8) is 0 Å². The predicted molar refractivity (Wildman–Crippen MR) is 163 cm³/mol. The van der Waals surface area contributed by atoms with E-state index in [4.69, 9.17) is 16.3 Å². The Labute approximate surface area is 248 Å².